The molecule has 0 unspecified atom stereocenters. The molecule has 2 amide bonds. The zero-order valence-electron chi connectivity index (χ0n) is 17.1. The first-order valence-corrected chi connectivity index (χ1v) is 9.68. The number of hydrogen-bond donors (Lipinski definition) is 2. The fourth-order valence-corrected chi connectivity index (χ4v) is 2.88. The maximum Gasteiger partial charge on any atom is 0.471 e. The molecule has 2 N–H and O–H groups in total. The summed E-state index contributed by atoms with van der Waals surface area (Å²) >= 11 is 0. The number of hydrogen-bond acceptors (Lipinski definition) is 3. The van der Waals surface area contributed by atoms with E-state index < -0.39 is 12.1 Å². The summed E-state index contributed by atoms with van der Waals surface area (Å²) in [6, 6.07) is 23.2. The minimum Gasteiger partial charge on any atom is -0.318 e. The van der Waals surface area contributed by atoms with E-state index in [1.54, 1.807) is 12.2 Å². The number of anilines is 1. The van der Waals surface area contributed by atoms with Gasteiger partial charge >= 0.3 is 12.1 Å². The lowest BCUT2D eigenvalue weighted by atomic mass is 10.0. The Balaban J connectivity index is 1.55. The van der Waals surface area contributed by atoms with E-state index in [1.807, 2.05) is 54.6 Å². The van der Waals surface area contributed by atoms with Crippen molar-refractivity contribution in [2.75, 3.05) is 5.32 Å². The molecule has 3 aromatic carbocycles. The molecular formula is C24H20F3N3O2. The van der Waals surface area contributed by atoms with E-state index in [2.05, 4.69) is 10.5 Å². The molecule has 0 fully saturated rings. The predicted octanol–water partition coefficient (Wildman–Crippen LogP) is 4.94. The zero-order chi connectivity index (χ0) is 23.1. The third-order valence-electron chi connectivity index (χ3n) is 4.59. The van der Waals surface area contributed by atoms with Crippen LogP contribution in [0.4, 0.5) is 18.9 Å². The van der Waals surface area contributed by atoms with Gasteiger partial charge in [0.15, 0.2) is 0 Å². The van der Waals surface area contributed by atoms with E-state index in [1.165, 1.54) is 24.3 Å². The number of hydrazone groups is 1. The number of amides is 2. The van der Waals surface area contributed by atoms with Crippen LogP contribution in [0.15, 0.2) is 84.0 Å². The Morgan fingerprint density at radius 2 is 1.44 bits per heavy atom. The second kappa shape index (κ2) is 9.91. The van der Waals surface area contributed by atoms with Crippen LogP contribution in [0.25, 0.3) is 11.1 Å². The number of carbonyl (C=O) groups excluding carboxylic acids is 2. The molecule has 0 saturated heterocycles. The molecule has 8 heteroatoms. The van der Waals surface area contributed by atoms with E-state index in [0.717, 1.165) is 16.7 Å². The number of halogens is 3. The highest BCUT2D eigenvalue weighted by atomic mass is 19.4. The molecule has 32 heavy (non-hydrogen) atoms. The zero-order valence-corrected chi connectivity index (χ0v) is 17.1. The Morgan fingerprint density at radius 1 is 0.844 bits per heavy atom. The molecule has 164 valence electrons. The minimum absolute atomic E-state index is 0.00635. The van der Waals surface area contributed by atoms with Crippen LogP contribution in [0.5, 0.6) is 0 Å². The van der Waals surface area contributed by atoms with Gasteiger partial charge in [0.1, 0.15) is 0 Å². The first-order valence-electron chi connectivity index (χ1n) is 9.68. The van der Waals surface area contributed by atoms with Gasteiger partial charge in [0.05, 0.1) is 12.1 Å². The summed E-state index contributed by atoms with van der Waals surface area (Å²) in [4.78, 5) is 23.2. The van der Waals surface area contributed by atoms with Crippen molar-refractivity contribution in [1.82, 2.24) is 5.43 Å². The number of carbonyl (C=O) groups is 2. The van der Waals surface area contributed by atoms with Gasteiger partial charge in [-0.15, -0.1) is 0 Å². The molecule has 0 aliphatic heterocycles. The lowest BCUT2D eigenvalue weighted by Crippen LogP contribution is -2.29. The summed E-state index contributed by atoms with van der Waals surface area (Å²) < 4.78 is 36.9. The SMILES string of the molecule is C/C(=N\NC(=O)Cc1ccc(-c2ccccc2)cc1)c1ccc(NC(=O)C(F)(F)F)cc1. The van der Waals surface area contributed by atoms with Crippen molar-refractivity contribution in [1.29, 1.82) is 0 Å². The molecule has 0 radical (unpaired) electrons. The molecule has 0 bridgehead atoms. The summed E-state index contributed by atoms with van der Waals surface area (Å²) in [6.45, 7) is 1.65. The number of rotatable bonds is 6. The summed E-state index contributed by atoms with van der Waals surface area (Å²) in [6.07, 6.45) is -4.81. The van der Waals surface area contributed by atoms with Crippen LogP contribution in [-0.4, -0.2) is 23.7 Å². The van der Waals surface area contributed by atoms with Crippen molar-refractivity contribution in [2.24, 2.45) is 5.10 Å². The first kappa shape index (κ1) is 22.7. The van der Waals surface area contributed by atoms with Crippen molar-refractivity contribution in [2.45, 2.75) is 19.5 Å². The van der Waals surface area contributed by atoms with Crippen molar-refractivity contribution < 1.29 is 22.8 Å². The molecule has 0 heterocycles. The summed E-state index contributed by atoms with van der Waals surface area (Å²) in [5, 5.41) is 5.80. The summed E-state index contributed by atoms with van der Waals surface area (Å²) in [7, 11) is 0. The highest BCUT2D eigenvalue weighted by Crippen LogP contribution is 2.20. The Kier molecular flexibility index (Phi) is 7.04. The topological polar surface area (TPSA) is 70.6 Å². The molecule has 0 atom stereocenters. The maximum atomic E-state index is 12.3. The fraction of sp³-hybridized carbons (Fsp3) is 0.125. The van der Waals surface area contributed by atoms with Crippen LogP contribution >= 0.6 is 0 Å². The highest BCUT2D eigenvalue weighted by Gasteiger charge is 2.38. The monoisotopic (exact) mass is 439 g/mol. The van der Waals surface area contributed by atoms with Crippen molar-refractivity contribution in [3.8, 4) is 11.1 Å². The molecule has 5 nitrogen and oxygen atoms in total. The molecule has 0 aliphatic rings. The van der Waals surface area contributed by atoms with E-state index in [-0.39, 0.29) is 18.0 Å². The van der Waals surface area contributed by atoms with E-state index in [4.69, 9.17) is 0 Å². The van der Waals surface area contributed by atoms with Crippen molar-refractivity contribution in [3.63, 3.8) is 0 Å². The van der Waals surface area contributed by atoms with Crippen molar-refractivity contribution >= 4 is 23.2 Å². The van der Waals surface area contributed by atoms with Gasteiger partial charge in [0.2, 0.25) is 5.91 Å². The second-order valence-electron chi connectivity index (χ2n) is 7.00. The third kappa shape index (κ3) is 6.28. The molecule has 0 saturated carbocycles. The predicted molar refractivity (Wildman–Crippen MR) is 117 cm³/mol. The largest absolute Gasteiger partial charge is 0.471 e. The first-order chi connectivity index (χ1) is 15.2. The Bertz CT molecular complexity index is 1110. The number of alkyl halides is 3. The number of nitrogens with zero attached hydrogens (tertiary/aromatic N) is 1. The molecule has 3 rings (SSSR count). The van der Waals surface area contributed by atoms with Crippen LogP contribution < -0.4 is 10.7 Å². The van der Waals surface area contributed by atoms with Gasteiger partial charge < -0.3 is 5.32 Å². The van der Waals surface area contributed by atoms with Gasteiger partial charge in [-0.3, -0.25) is 9.59 Å². The van der Waals surface area contributed by atoms with Gasteiger partial charge in [-0.25, -0.2) is 5.43 Å². The second-order valence-corrected chi connectivity index (χ2v) is 7.00. The van der Waals surface area contributed by atoms with Crippen LogP contribution in [-0.2, 0) is 16.0 Å². The van der Waals surface area contributed by atoms with Crippen LogP contribution in [0.3, 0.4) is 0 Å². The highest BCUT2D eigenvalue weighted by molar-refractivity contribution is 6.00. The summed E-state index contributed by atoms with van der Waals surface area (Å²) in [5.74, 6) is -2.34. The fourth-order valence-electron chi connectivity index (χ4n) is 2.88. The normalized spacial score (nSPS) is 11.7. The molecule has 3 aromatic rings. The third-order valence-corrected chi connectivity index (χ3v) is 4.59. The average Bonchev–Trinajstić information content (AvgIpc) is 2.78. The van der Waals surface area contributed by atoms with E-state index in [0.29, 0.717) is 11.3 Å². The quantitative estimate of drug-likeness (QED) is 0.422. The van der Waals surface area contributed by atoms with Crippen LogP contribution in [0, 0.1) is 0 Å². The van der Waals surface area contributed by atoms with Gasteiger partial charge in [-0.1, -0.05) is 66.7 Å². The van der Waals surface area contributed by atoms with Gasteiger partial charge in [0.25, 0.3) is 0 Å². The Labute approximate surface area is 183 Å². The molecule has 0 spiro atoms. The van der Waals surface area contributed by atoms with Crippen LogP contribution in [0.1, 0.15) is 18.1 Å². The molecular weight excluding hydrogens is 419 g/mol. The molecule has 0 aromatic heterocycles. The number of nitrogens with one attached hydrogen (secondary N) is 2. The molecule has 0 aliphatic carbocycles. The maximum absolute atomic E-state index is 12.3. The minimum atomic E-state index is -4.96. The van der Waals surface area contributed by atoms with Gasteiger partial charge in [-0.05, 0) is 41.3 Å². The Morgan fingerprint density at radius 3 is 2.03 bits per heavy atom. The van der Waals surface area contributed by atoms with E-state index >= 15 is 0 Å². The average molecular weight is 439 g/mol. The van der Waals surface area contributed by atoms with Crippen LogP contribution in [0.2, 0.25) is 0 Å². The lowest BCUT2D eigenvalue weighted by Gasteiger charge is -2.09. The lowest BCUT2D eigenvalue weighted by molar-refractivity contribution is -0.167. The van der Waals surface area contributed by atoms with Crippen molar-refractivity contribution in [3.05, 3.63) is 90.0 Å². The van der Waals surface area contributed by atoms with Gasteiger partial charge in [-0.2, -0.15) is 18.3 Å². The van der Waals surface area contributed by atoms with Gasteiger partial charge in [0, 0.05) is 5.69 Å². The standard InChI is InChI=1S/C24H20F3N3O2/c1-16(18-11-13-21(14-12-18)28-23(32)24(25,26)27)29-30-22(31)15-17-7-9-20(10-8-17)19-5-3-2-4-6-19/h2-14H,15H2,1H3,(H,28,32)(H,30,31)/b29-16+. The summed E-state index contributed by atoms with van der Waals surface area (Å²) in [5.41, 5.74) is 6.51. The Hall–Kier alpha value is -3.94. The number of benzene rings is 3. The smallest absolute Gasteiger partial charge is 0.318 e. The van der Waals surface area contributed by atoms with E-state index in [9.17, 15) is 22.8 Å².